The van der Waals surface area contributed by atoms with Crippen LogP contribution in [-0.2, 0) is 0 Å². The molecule has 2 N–H and O–H groups in total. The minimum atomic E-state index is -0.991. The van der Waals surface area contributed by atoms with Gasteiger partial charge in [0, 0.05) is 12.6 Å². The summed E-state index contributed by atoms with van der Waals surface area (Å²) in [5, 5.41) is 12.9. The van der Waals surface area contributed by atoms with E-state index in [2.05, 4.69) is 10.3 Å². The molecule has 0 saturated carbocycles. The standard InChI is InChI=1S/C16H16N2O3/c1-10-5-3-4-6-12(10)15(20)13-7-11(9-19)8-14(18-13)16(21)17-2/h3-9,15,20H,1-2H3,(H,17,21). The lowest BCUT2D eigenvalue weighted by molar-refractivity contribution is 0.0957. The highest BCUT2D eigenvalue weighted by atomic mass is 16.3. The Kier molecular flexibility index (Phi) is 4.45. The summed E-state index contributed by atoms with van der Waals surface area (Å²) in [6.45, 7) is 1.88. The van der Waals surface area contributed by atoms with Crippen LogP contribution in [0.4, 0.5) is 0 Å². The van der Waals surface area contributed by atoms with Crippen LogP contribution >= 0.6 is 0 Å². The van der Waals surface area contributed by atoms with E-state index in [4.69, 9.17) is 0 Å². The Labute approximate surface area is 122 Å². The number of aldehydes is 1. The smallest absolute Gasteiger partial charge is 0.269 e. The predicted octanol–water partition coefficient (Wildman–Crippen LogP) is 1.64. The van der Waals surface area contributed by atoms with Crippen molar-refractivity contribution in [1.29, 1.82) is 0 Å². The summed E-state index contributed by atoms with van der Waals surface area (Å²) in [4.78, 5) is 26.8. The van der Waals surface area contributed by atoms with Crippen LogP contribution in [0.25, 0.3) is 0 Å². The largest absolute Gasteiger partial charge is 0.382 e. The zero-order valence-electron chi connectivity index (χ0n) is 11.8. The van der Waals surface area contributed by atoms with Crippen molar-refractivity contribution in [3.63, 3.8) is 0 Å². The first-order chi connectivity index (χ1) is 10.1. The molecule has 2 aromatic rings. The Morgan fingerprint density at radius 3 is 2.67 bits per heavy atom. The van der Waals surface area contributed by atoms with Crippen LogP contribution in [0.5, 0.6) is 0 Å². The number of amides is 1. The number of aliphatic hydroxyl groups is 1. The molecule has 0 spiro atoms. The molecule has 1 aromatic heterocycles. The minimum Gasteiger partial charge on any atom is -0.382 e. The van der Waals surface area contributed by atoms with Crippen molar-refractivity contribution >= 4 is 12.2 Å². The predicted molar refractivity (Wildman–Crippen MR) is 78.3 cm³/mol. The number of hydrogen-bond acceptors (Lipinski definition) is 4. The summed E-state index contributed by atoms with van der Waals surface area (Å²) in [5.41, 5.74) is 2.27. The van der Waals surface area contributed by atoms with Crippen molar-refractivity contribution in [3.05, 3.63) is 64.5 Å². The number of rotatable bonds is 4. The van der Waals surface area contributed by atoms with Gasteiger partial charge < -0.3 is 10.4 Å². The molecule has 0 aliphatic rings. The first-order valence-electron chi connectivity index (χ1n) is 6.49. The number of benzene rings is 1. The Bertz CT molecular complexity index is 683. The van der Waals surface area contributed by atoms with Crippen molar-refractivity contribution in [3.8, 4) is 0 Å². The van der Waals surface area contributed by atoms with Gasteiger partial charge in [0.1, 0.15) is 18.1 Å². The molecule has 1 aromatic carbocycles. The molecule has 0 fully saturated rings. The number of aliphatic hydroxyl groups excluding tert-OH is 1. The molecule has 0 saturated heterocycles. The van der Waals surface area contributed by atoms with Crippen LogP contribution in [0.2, 0.25) is 0 Å². The maximum atomic E-state index is 11.7. The Morgan fingerprint density at radius 2 is 2.05 bits per heavy atom. The van der Waals surface area contributed by atoms with E-state index in [1.165, 1.54) is 19.2 Å². The average Bonchev–Trinajstić information content (AvgIpc) is 2.53. The summed E-state index contributed by atoms with van der Waals surface area (Å²) in [7, 11) is 1.48. The van der Waals surface area contributed by atoms with Crippen LogP contribution in [0, 0.1) is 6.92 Å². The molecule has 1 heterocycles. The maximum absolute atomic E-state index is 11.7. The van der Waals surface area contributed by atoms with Crippen molar-refractivity contribution in [2.75, 3.05) is 7.05 Å². The normalized spacial score (nSPS) is 11.8. The van der Waals surface area contributed by atoms with E-state index >= 15 is 0 Å². The van der Waals surface area contributed by atoms with E-state index in [0.717, 1.165) is 5.56 Å². The zero-order chi connectivity index (χ0) is 15.4. The molecule has 0 aliphatic heterocycles. The Balaban J connectivity index is 2.50. The van der Waals surface area contributed by atoms with Crippen molar-refractivity contribution in [1.82, 2.24) is 10.3 Å². The average molecular weight is 284 g/mol. The SMILES string of the molecule is CNC(=O)c1cc(C=O)cc(C(O)c2ccccc2C)n1. The lowest BCUT2D eigenvalue weighted by Crippen LogP contribution is -2.20. The fourth-order valence-corrected chi connectivity index (χ4v) is 2.08. The summed E-state index contributed by atoms with van der Waals surface area (Å²) in [6, 6.07) is 10.2. The van der Waals surface area contributed by atoms with Gasteiger partial charge >= 0.3 is 0 Å². The van der Waals surface area contributed by atoms with Gasteiger partial charge in [0.2, 0.25) is 0 Å². The van der Waals surface area contributed by atoms with Crippen LogP contribution in [-0.4, -0.2) is 29.3 Å². The number of aryl methyl sites for hydroxylation is 1. The van der Waals surface area contributed by atoms with Gasteiger partial charge in [-0.2, -0.15) is 0 Å². The number of hydrogen-bond donors (Lipinski definition) is 2. The molecule has 5 nitrogen and oxygen atoms in total. The van der Waals surface area contributed by atoms with E-state index in [1.807, 2.05) is 25.1 Å². The second kappa shape index (κ2) is 6.28. The topological polar surface area (TPSA) is 79.3 Å². The molecular weight excluding hydrogens is 268 g/mol. The summed E-state index contributed by atoms with van der Waals surface area (Å²) >= 11 is 0. The van der Waals surface area contributed by atoms with E-state index < -0.39 is 12.0 Å². The summed E-state index contributed by atoms with van der Waals surface area (Å²) in [5.74, 6) is -0.406. The highest BCUT2D eigenvalue weighted by molar-refractivity contribution is 5.93. The highest BCUT2D eigenvalue weighted by Crippen LogP contribution is 2.24. The maximum Gasteiger partial charge on any atom is 0.269 e. The molecule has 1 unspecified atom stereocenters. The Hall–Kier alpha value is -2.53. The van der Waals surface area contributed by atoms with Gasteiger partial charge in [0.05, 0.1) is 5.69 Å². The molecule has 0 bridgehead atoms. The number of carbonyl (C=O) groups is 2. The van der Waals surface area contributed by atoms with Gasteiger partial charge in [-0.1, -0.05) is 24.3 Å². The number of pyridine rings is 1. The summed E-state index contributed by atoms with van der Waals surface area (Å²) in [6.07, 6.45) is -0.364. The van der Waals surface area contributed by atoms with Gasteiger partial charge in [0.15, 0.2) is 0 Å². The lowest BCUT2D eigenvalue weighted by Gasteiger charge is -2.14. The van der Waals surface area contributed by atoms with E-state index in [-0.39, 0.29) is 11.4 Å². The third-order valence-corrected chi connectivity index (χ3v) is 3.23. The summed E-state index contributed by atoms with van der Waals surface area (Å²) < 4.78 is 0. The number of nitrogens with zero attached hydrogens (tertiary/aromatic N) is 1. The second-order valence-corrected chi connectivity index (χ2v) is 4.67. The van der Waals surface area contributed by atoms with Crippen molar-refractivity contribution < 1.29 is 14.7 Å². The molecule has 0 aliphatic carbocycles. The minimum absolute atomic E-state index is 0.102. The van der Waals surface area contributed by atoms with Crippen LogP contribution in [0.15, 0.2) is 36.4 Å². The molecule has 2 rings (SSSR count). The number of carbonyl (C=O) groups excluding carboxylic acids is 2. The number of nitrogens with one attached hydrogen (secondary N) is 1. The fraction of sp³-hybridized carbons (Fsp3) is 0.188. The van der Waals surface area contributed by atoms with Crippen molar-refractivity contribution in [2.24, 2.45) is 0 Å². The van der Waals surface area contributed by atoms with Crippen molar-refractivity contribution in [2.45, 2.75) is 13.0 Å². The van der Waals surface area contributed by atoms with E-state index in [1.54, 1.807) is 6.07 Å². The Morgan fingerprint density at radius 1 is 1.33 bits per heavy atom. The van der Waals surface area contributed by atoms with Gasteiger partial charge in [-0.05, 0) is 30.2 Å². The fourth-order valence-electron chi connectivity index (χ4n) is 2.08. The van der Waals surface area contributed by atoms with Gasteiger partial charge in [-0.25, -0.2) is 4.98 Å². The quantitative estimate of drug-likeness (QED) is 0.837. The second-order valence-electron chi connectivity index (χ2n) is 4.67. The van der Waals surface area contributed by atoms with Gasteiger partial charge in [-0.15, -0.1) is 0 Å². The molecule has 1 amide bonds. The third kappa shape index (κ3) is 3.14. The first-order valence-corrected chi connectivity index (χ1v) is 6.49. The molecule has 0 radical (unpaired) electrons. The molecule has 1 atom stereocenters. The molecule has 108 valence electrons. The number of aromatic nitrogens is 1. The van der Waals surface area contributed by atoms with Crippen LogP contribution in [0.3, 0.4) is 0 Å². The molecule has 21 heavy (non-hydrogen) atoms. The van der Waals surface area contributed by atoms with Crippen LogP contribution < -0.4 is 5.32 Å². The molecule has 5 heteroatoms. The third-order valence-electron chi connectivity index (χ3n) is 3.23. The van der Waals surface area contributed by atoms with E-state index in [0.29, 0.717) is 17.4 Å². The highest BCUT2D eigenvalue weighted by Gasteiger charge is 2.17. The zero-order valence-corrected chi connectivity index (χ0v) is 11.8. The lowest BCUT2D eigenvalue weighted by atomic mass is 10.00. The van der Waals surface area contributed by atoms with Gasteiger partial charge in [0.25, 0.3) is 5.91 Å². The van der Waals surface area contributed by atoms with Crippen LogP contribution in [0.1, 0.15) is 43.8 Å². The molecular formula is C16H16N2O3. The monoisotopic (exact) mass is 284 g/mol. The van der Waals surface area contributed by atoms with Gasteiger partial charge in [-0.3, -0.25) is 9.59 Å². The first kappa shape index (κ1) is 14.9. The van der Waals surface area contributed by atoms with E-state index in [9.17, 15) is 14.7 Å².